The highest BCUT2D eigenvalue weighted by atomic mass is 127. The Labute approximate surface area is 80.1 Å². The van der Waals surface area contributed by atoms with Crippen LogP contribution in [0.1, 0.15) is 13.8 Å². The van der Waals surface area contributed by atoms with Gasteiger partial charge in [0, 0.05) is 11.7 Å². The Kier molecular flexibility index (Phi) is 2.54. The van der Waals surface area contributed by atoms with Gasteiger partial charge in [-0.1, -0.05) is 0 Å². The Hall–Kier alpha value is -0.100. The highest BCUT2D eigenvalue weighted by Gasteiger charge is 2.11. The molecule has 11 heavy (non-hydrogen) atoms. The summed E-state index contributed by atoms with van der Waals surface area (Å²) in [5, 5.41) is 4.13. The van der Waals surface area contributed by atoms with Crippen LogP contribution >= 0.6 is 22.6 Å². The summed E-state index contributed by atoms with van der Waals surface area (Å²) in [5.74, 6) is 0. The van der Waals surface area contributed by atoms with Crippen molar-refractivity contribution in [1.29, 1.82) is 0 Å². The van der Waals surface area contributed by atoms with Crippen molar-refractivity contribution in [3.8, 4) is 0 Å². The van der Waals surface area contributed by atoms with Crippen LogP contribution in [0, 0.1) is 3.57 Å². The second-order valence-corrected chi connectivity index (χ2v) is 4.59. The average Bonchev–Trinajstić information content (AvgIpc) is 2.10. The van der Waals surface area contributed by atoms with E-state index in [9.17, 15) is 0 Å². The fourth-order valence-electron chi connectivity index (χ4n) is 0.842. The van der Waals surface area contributed by atoms with Gasteiger partial charge in [0.05, 0.1) is 16.3 Å². The maximum absolute atomic E-state index is 5.81. The van der Waals surface area contributed by atoms with Gasteiger partial charge in [0.25, 0.3) is 0 Å². The summed E-state index contributed by atoms with van der Waals surface area (Å²) in [7, 11) is 0. The first-order valence-corrected chi connectivity index (χ1v) is 4.52. The van der Waals surface area contributed by atoms with Gasteiger partial charge < -0.3 is 5.73 Å². The molecule has 3 nitrogen and oxygen atoms in total. The van der Waals surface area contributed by atoms with E-state index < -0.39 is 0 Å². The Morgan fingerprint density at radius 2 is 2.36 bits per heavy atom. The monoisotopic (exact) mass is 265 g/mol. The van der Waals surface area contributed by atoms with Crippen LogP contribution in [-0.4, -0.2) is 15.3 Å². The maximum Gasteiger partial charge on any atom is 0.0623 e. The van der Waals surface area contributed by atoms with Crippen LogP contribution in [-0.2, 0) is 6.54 Å². The first kappa shape index (κ1) is 8.99. The largest absolute Gasteiger partial charge is 0.324 e. The quantitative estimate of drug-likeness (QED) is 0.817. The second-order valence-electron chi connectivity index (χ2n) is 3.34. The van der Waals surface area contributed by atoms with E-state index in [4.69, 9.17) is 5.73 Å². The second kappa shape index (κ2) is 3.10. The third kappa shape index (κ3) is 3.20. The summed E-state index contributed by atoms with van der Waals surface area (Å²) in [4.78, 5) is 0. The van der Waals surface area contributed by atoms with Crippen LogP contribution in [0.5, 0.6) is 0 Å². The number of aromatic nitrogens is 2. The molecule has 0 atom stereocenters. The molecule has 1 rings (SSSR count). The van der Waals surface area contributed by atoms with Crippen molar-refractivity contribution < 1.29 is 0 Å². The van der Waals surface area contributed by atoms with E-state index in [1.807, 2.05) is 30.9 Å². The van der Waals surface area contributed by atoms with Crippen LogP contribution in [0.3, 0.4) is 0 Å². The number of nitrogens with two attached hydrogens (primary N) is 1. The molecule has 0 saturated heterocycles. The van der Waals surface area contributed by atoms with Gasteiger partial charge in [-0.15, -0.1) is 0 Å². The molecular formula is C7H12IN3. The molecule has 0 fully saturated rings. The molecule has 0 unspecified atom stereocenters. The number of hydrogen-bond acceptors (Lipinski definition) is 2. The van der Waals surface area contributed by atoms with Crippen LogP contribution in [0.2, 0.25) is 0 Å². The predicted molar refractivity (Wildman–Crippen MR) is 53.2 cm³/mol. The van der Waals surface area contributed by atoms with Gasteiger partial charge in [-0.2, -0.15) is 5.10 Å². The van der Waals surface area contributed by atoms with Crippen molar-refractivity contribution in [3.63, 3.8) is 0 Å². The van der Waals surface area contributed by atoms with E-state index in [2.05, 4.69) is 27.7 Å². The normalized spacial score (nSPS) is 12.0. The minimum absolute atomic E-state index is 0.185. The van der Waals surface area contributed by atoms with Gasteiger partial charge in [-0.05, 0) is 36.4 Å². The summed E-state index contributed by atoms with van der Waals surface area (Å²) in [5.41, 5.74) is 5.63. The minimum atomic E-state index is -0.185. The first-order chi connectivity index (χ1) is 4.97. The molecule has 0 aliphatic carbocycles. The minimum Gasteiger partial charge on any atom is -0.324 e. The molecule has 1 aromatic heterocycles. The molecule has 0 radical (unpaired) electrons. The van der Waals surface area contributed by atoms with Crippen molar-refractivity contribution in [1.82, 2.24) is 9.78 Å². The van der Waals surface area contributed by atoms with E-state index in [1.165, 1.54) is 0 Å². The Morgan fingerprint density at radius 1 is 1.73 bits per heavy atom. The van der Waals surface area contributed by atoms with E-state index >= 15 is 0 Å². The summed E-state index contributed by atoms with van der Waals surface area (Å²) in [6.07, 6.45) is 3.81. The Bertz CT molecular complexity index is 236. The van der Waals surface area contributed by atoms with Gasteiger partial charge in [0.15, 0.2) is 0 Å². The molecule has 4 heteroatoms. The average molecular weight is 265 g/mol. The molecule has 0 aromatic carbocycles. The Balaban J connectivity index is 2.65. The lowest BCUT2D eigenvalue weighted by atomic mass is 10.1. The third-order valence-corrected chi connectivity index (χ3v) is 1.73. The van der Waals surface area contributed by atoms with Crippen molar-refractivity contribution in [2.75, 3.05) is 0 Å². The van der Waals surface area contributed by atoms with Crippen LogP contribution in [0.25, 0.3) is 0 Å². The molecule has 1 heterocycles. The van der Waals surface area contributed by atoms with Gasteiger partial charge in [0.1, 0.15) is 0 Å². The number of rotatable bonds is 2. The molecule has 0 bridgehead atoms. The van der Waals surface area contributed by atoms with E-state index in [1.54, 1.807) is 0 Å². The lowest BCUT2D eigenvalue weighted by Crippen LogP contribution is -2.37. The molecule has 1 aromatic rings. The van der Waals surface area contributed by atoms with Crippen molar-refractivity contribution >= 4 is 22.6 Å². The van der Waals surface area contributed by atoms with E-state index in [0.717, 1.165) is 10.1 Å². The molecular weight excluding hydrogens is 253 g/mol. The fourth-order valence-corrected chi connectivity index (χ4v) is 1.29. The van der Waals surface area contributed by atoms with E-state index in [-0.39, 0.29) is 5.54 Å². The SMILES string of the molecule is CC(C)(N)Cn1cc(I)cn1. The smallest absolute Gasteiger partial charge is 0.0623 e. The fraction of sp³-hybridized carbons (Fsp3) is 0.571. The van der Waals surface area contributed by atoms with Crippen LogP contribution in [0.4, 0.5) is 0 Å². The summed E-state index contributed by atoms with van der Waals surface area (Å²) < 4.78 is 3.01. The number of nitrogens with zero attached hydrogens (tertiary/aromatic N) is 2. The first-order valence-electron chi connectivity index (χ1n) is 3.44. The van der Waals surface area contributed by atoms with Crippen LogP contribution < -0.4 is 5.73 Å². The van der Waals surface area contributed by atoms with Gasteiger partial charge in [-0.25, -0.2) is 0 Å². The molecule has 0 spiro atoms. The van der Waals surface area contributed by atoms with Crippen molar-refractivity contribution in [2.24, 2.45) is 5.73 Å². The zero-order chi connectivity index (χ0) is 8.48. The highest BCUT2D eigenvalue weighted by molar-refractivity contribution is 14.1. The lowest BCUT2D eigenvalue weighted by Gasteiger charge is -2.17. The van der Waals surface area contributed by atoms with Gasteiger partial charge >= 0.3 is 0 Å². The third-order valence-electron chi connectivity index (χ3n) is 1.17. The summed E-state index contributed by atoms with van der Waals surface area (Å²) in [6.45, 7) is 4.74. The molecule has 62 valence electrons. The maximum atomic E-state index is 5.81. The summed E-state index contributed by atoms with van der Waals surface area (Å²) >= 11 is 2.23. The molecule has 0 aliphatic heterocycles. The molecule has 0 amide bonds. The zero-order valence-corrected chi connectivity index (χ0v) is 8.87. The van der Waals surface area contributed by atoms with Crippen molar-refractivity contribution in [2.45, 2.75) is 25.9 Å². The van der Waals surface area contributed by atoms with Crippen molar-refractivity contribution in [3.05, 3.63) is 16.0 Å². The molecule has 2 N–H and O–H groups in total. The van der Waals surface area contributed by atoms with Crippen LogP contribution in [0.15, 0.2) is 12.4 Å². The molecule has 0 saturated carbocycles. The number of hydrogen-bond donors (Lipinski definition) is 1. The highest BCUT2D eigenvalue weighted by Crippen LogP contribution is 2.05. The summed E-state index contributed by atoms with van der Waals surface area (Å²) in [6, 6.07) is 0. The standard InChI is InChI=1S/C7H12IN3/c1-7(2,9)5-11-4-6(8)3-10-11/h3-4H,5,9H2,1-2H3. The topological polar surface area (TPSA) is 43.8 Å². The molecule has 0 aliphatic rings. The van der Waals surface area contributed by atoms with E-state index in [0.29, 0.717) is 0 Å². The van der Waals surface area contributed by atoms with Gasteiger partial charge in [0.2, 0.25) is 0 Å². The number of halogens is 1. The predicted octanol–water partition coefficient (Wildman–Crippen LogP) is 1.22. The Morgan fingerprint density at radius 3 is 2.73 bits per heavy atom. The zero-order valence-electron chi connectivity index (χ0n) is 6.71. The lowest BCUT2D eigenvalue weighted by molar-refractivity contribution is 0.408. The van der Waals surface area contributed by atoms with Gasteiger partial charge in [-0.3, -0.25) is 4.68 Å².